The van der Waals surface area contributed by atoms with Gasteiger partial charge in [0.15, 0.2) is 0 Å². The lowest BCUT2D eigenvalue weighted by Gasteiger charge is -2.18. The molecule has 2 nitrogen and oxygen atoms in total. The van der Waals surface area contributed by atoms with Crippen LogP contribution in [0.5, 0.6) is 0 Å². The zero-order valence-electron chi connectivity index (χ0n) is 8.58. The number of nitrogens with zero attached hydrogens (tertiary/aromatic N) is 2. The Labute approximate surface area is 81.2 Å². The predicted octanol–water partition coefficient (Wildman–Crippen LogP) is 3.26. The van der Waals surface area contributed by atoms with Gasteiger partial charge < -0.3 is 0 Å². The highest BCUT2D eigenvalue weighted by Gasteiger charge is 2.17. The fraction of sp³-hybridized carbons (Fsp3) is 0.818. The van der Waals surface area contributed by atoms with E-state index in [0.717, 1.165) is 25.7 Å². The second-order valence-corrected chi connectivity index (χ2v) is 3.39. The van der Waals surface area contributed by atoms with E-state index in [1.54, 1.807) is 0 Å². The highest BCUT2D eigenvalue weighted by atomic mass is 14.3. The Hall–Kier alpha value is -1.02. The summed E-state index contributed by atoms with van der Waals surface area (Å²) in [5.74, 6) is 0.577. The maximum atomic E-state index is 8.92. The molecule has 2 atom stereocenters. The molecule has 0 bridgehead atoms. The standard InChI is InChI=1S/C11H18N2/c1-3-6-10(4-2)11(9-13)7-5-8-12/h10-11H,3-7H2,1-2H3. The van der Waals surface area contributed by atoms with Crippen molar-refractivity contribution in [1.29, 1.82) is 10.5 Å². The van der Waals surface area contributed by atoms with E-state index in [1.807, 2.05) is 0 Å². The third-order valence-corrected chi connectivity index (χ3v) is 2.49. The molecule has 0 aliphatic carbocycles. The molecule has 0 heterocycles. The molecule has 0 aromatic heterocycles. The lowest BCUT2D eigenvalue weighted by Crippen LogP contribution is -2.12. The van der Waals surface area contributed by atoms with Crippen molar-refractivity contribution in [2.45, 2.75) is 46.0 Å². The van der Waals surface area contributed by atoms with E-state index in [9.17, 15) is 0 Å². The molecule has 0 saturated carbocycles. The van der Waals surface area contributed by atoms with Crippen LogP contribution in [0, 0.1) is 34.5 Å². The number of hydrogen-bond donors (Lipinski definition) is 0. The molecule has 72 valence electrons. The molecular formula is C11H18N2. The van der Waals surface area contributed by atoms with Crippen LogP contribution in [0.3, 0.4) is 0 Å². The van der Waals surface area contributed by atoms with Gasteiger partial charge in [-0.15, -0.1) is 0 Å². The Balaban J connectivity index is 4.03. The SMILES string of the molecule is CCCC(CC)C(C#N)CCC#N. The molecule has 0 amide bonds. The topological polar surface area (TPSA) is 47.6 Å². The summed E-state index contributed by atoms with van der Waals surface area (Å²) in [5, 5.41) is 17.4. The van der Waals surface area contributed by atoms with Crippen molar-refractivity contribution in [3.8, 4) is 12.1 Å². The first-order valence-corrected chi connectivity index (χ1v) is 5.06. The first kappa shape index (κ1) is 12.0. The predicted molar refractivity (Wildman–Crippen MR) is 52.6 cm³/mol. The van der Waals surface area contributed by atoms with Crippen LogP contribution in [-0.2, 0) is 0 Å². The van der Waals surface area contributed by atoms with Crippen molar-refractivity contribution in [2.24, 2.45) is 11.8 Å². The third-order valence-electron chi connectivity index (χ3n) is 2.49. The first-order valence-electron chi connectivity index (χ1n) is 5.06. The normalized spacial score (nSPS) is 14.2. The van der Waals surface area contributed by atoms with Crippen molar-refractivity contribution < 1.29 is 0 Å². The molecule has 0 fully saturated rings. The smallest absolute Gasteiger partial charge is 0.0659 e. The van der Waals surface area contributed by atoms with Gasteiger partial charge in [0.2, 0.25) is 0 Å². The van der Waals surface area contributed by atoms with E-state index in [-0.39, 0.29) is 5.92 Å². The van der Waals surface area contributed by atoms with Gasteiger partial charge in [0, 0.05) is 6.42 Å². The van der Waals surface area contributed by atoms with Crippen molar-refractivity contribution in [3.63, 3.8) is 0 Å². The summed E-state index contributed by atoms with van der Waals surface area (Å²) in [5.41, 5.74) is 0. The minimum atomic E-state index is 0.0876. The van der Waals surface area contributed by atoms with Gasteiger partial charge in [0.25, 0.3) is 0 Å². The van der Waals surface area contributed by atoms with Gasteiger partial charge in [0.1, 0.15) is 0 Å². The van der Waals surface area contributed by atoms with Crippen LogP contribution >= 0.6 is 0 Å². The van der Waals surface area contributed by atoms with Gasteiger partial charge >= 0.3 is 0 Å². The molecule has 0 N–H and O–H groups in total. The molecule has 0 aromatic carbocycles. The van der Waals surface area contributed by atoms with Gasteiger partial charge in [-0.2, -0.15) is 10.5 Å². The Bertz CT molecular complexity index is 197. The quantitative estimate of drug-likeness (QED) is 0.626. The number of nitriles is 2. The van der Waals surface area contributed by atoms with Crippen molar-refractivity contribution in [3.05, 3.63) is 0 Å². The van der Waals surface area contributed by atoms with Crippen LogP contribution in [0.15, 0.2) is 0 Å². The van der Waals surface area contributed by atoms with Crippen LogP contribution < -0.4 is 0 Å². The van der Waals surface area contributed by atoms with Gasteiger partial charge in [0.05, 0.1) is 18.1 Å². The van der Waals surface area contributed by atoms with Crippen molar-refractivity contribution in [2.75, 3.05) is 0 Å². The lowest BCUT2D eigenvalue weighted by atomic mass is 9.84. The van der Waals surface area contributed by atoms with Gasteiger partial charge in [-0.1, -0.05) is 26.7 Å². The summed E-state index contributed by atoms with van der Waals surface area (Å²) in [6.45, 7) is 4.26. The van der Waals surface area contributed by atoms with Crippen LogP contribution in [0.2, 0.25) is 0 Å². The Morgan fingerprint density at radius 2 is 1.85 bits per heavy atom. The first-order chi connectivity index (χ1) is 6.29. The molecule has 0 spiro atoms. The molecule has 13 heavy (non-hydrogen) atoms. The summed E-state index contributed by atoms with van der Waals surface area (Å²) >= 11 is 0. The van der Waals surface area contributed by atoms with E-state index in [4.69, 9.17) is 10.5 Å². The molecule has 0 radical (unpaired) electrons. The summed E-state index contributed by atoms with van der Waals surface area (Å²) in [7, 11) is 0. The fourth-order valence-electron chi connectivity index (χ4n) is 1.69. The van der Waals surface area contributed by atoms with Crippen LogP contribution in [0.4, 0.5) is 0 Å². The Morgan fingerprint density at radius 3 is 2.23 bits per heavy atom. The largest absolute Gasteiger partial charge is 0.198 e. The van der Waals surface area contributed by atoms with Crippen LogP contribution in [0.25, 0.3) is 0 Å². The zero-order valence-corrected chi connectivity index (χ0v) is 8.58. The van der Waals surface area contributed by atoms with E-state index in [1.165, 1.54) is 0 Å². The average molecular weight is 178 g/mol. The van der Waals surface area contributed by atoms with Gasteiger partial charge in [-0.3, -0.25) is 0 Å². The summed E-state index contributed by atoms with van der Waals surface area (Å²) < 4.78 is 0. The summed E-state index contributed by atoms with van der Waals surface area (Å²) in [4.78, 5) is 0. The highest BCUT2D eigenvalue weighted by Crippen LogP contribution is 2.24. The molecule has 0 aliphatic heterocycles. The van der Waals surface area contributed by atoms with E-state index in [2.05, 4.69) is 26.0 Å². The second-order valence-electron chi connectivity index (χ2n) is 3.39. The molecule has 2 unspecified atom stereocenters. The molecule has 0 rings (SSSR count). The second kappa shape index (κ2) is 7.62. The van der Waals surface area contributed by atoms with Gasteiger partial charge in [-0.25, -0.2) is 0 Å². The van der Waals surface area contributed by atoms with E-state index >= 15 is 0 Å². The minimum Gasteiger partial charge on any atom is -0.198 e. The molecule has 0 saturated heterocycles. The monoisotopic (exact) mass is 178 g/mol. The fourth-order valence-corrected chi connectivity index (χ4v) is 1.69. The zero-order chi connectivity index (χ0) is 10.1. The third kappa shape index (κ3) is 4.53. The average Bonchev–Trinajstić information content (AvgIpc) is 2.17. The molecular weight excluding hydrogens is 160 g/mol. The van der Waals surface area contributed by atoms with E-state index in [0.29, 0.717) is 12.3 Å². The number of rotatable bonds is 6. The molecule has 2 heteroatoms. The Kier molecular flexibility index (Phi) is 7.02. The van der Waals surface area contributed by atoms with Crippen LogP contribution in [-0.4, -0.2) is 0 Å². The number of hydrogen-bond acceptors (Lipinski definition) is 2. The molecule has 0 aromatic rings. The minimum absolute atomic E-state index is 0.0876. The highest BCUT2D eigenvalue weighted by molar-refractivity contribution is 4.89. The van der Waals surface area contributed by atoms with E-state index < -0.39 is 0 Å². The maximum Gasteiger partial charge on any atom is 0.0659 e. The maximum absolute atomic E-state index is 8.92. The Morgan fingerprint density at radius 1 is 1.15 bits per heavy atom. The van der Waals surface area contributed by atoms with Crippen molar-refractivity contribution >= 4 is 0 Å². The van der Waals surface area contributed by atoms with Crippen LogP contribution in [0.1, 0.15) is 46.0 Å². The summed E-state index contributed by atoms with van der Waals surface area (Å²) in [6, 6.07) is 4.42. The lowest BCUT2D eigenvalue weighted by molar-refractivity contribution is 0.347. The van der Waals surface area contributed by atoms with Crippen molar-refractivity contribution in [1.82, 2.24) is 0 Å². The molecule has 0 aliphatic rings. The van der Waals surface area contributed by atoms with Gasteiger partial charge in [-0.05, 0) is 18.8 Å². The summed E-state index contributed by atoms with van der Waals surface area (Å²) in [6.07, 6.45) is 4.55.